The molecular formula is C17H30N2O. The van der Waals surface area contributed by atoms with Crippen molar-refractivity contribution in [2.24, 2.45) is 0 Å². The molecule has 114 valence electrons. The number of hydrogen-bond acceptors (Lipinski definition) is 3. The first kappa shape index (κ1) is 15.6. The minimum Gasteiger partial charge on any atom is -0.463 e. The predicted molar refractivity (Wildman–Crippen MR) is 83.6 cm³/mol. The zero-order valence-corrected chi connectivity index (χ0v) is 13.3. The van der Waals surface area contributed by atoms with Crippen LogP contribution >= 0.6 is 0 Å². The lowest BCUT2D eigenvalue weighted by molar-refractivity contribution is 0.171. The molecule has 3 heteroatoms. The first-order chi connectivity index (χ1) is 9.69. The molecule has 0 aliphatic carbocycles. The van der Waals surface area contributed by atoms with Crippen LogP contribution in [-0.2, 0) is 13.1 Å². The maximum absolute atomic E-state index is 5.97. The third kappa shape index (κ3) is 4.64. The van der Waals surface area contributed by atoms with Crippen molar-refractivity contribution in [3.05, 3.63) is 23.7 Å². The van der Waals surface area contributed by atoms with Gasteiger partial charge < -0.3 is 9.73 Å². The van der Waals surface area contributed by atoms with Crippen molar-refractivity contribution in [1.29, 1.82) is 0 Å². The second kappa shape index (κ2) is 7.84. The standard InChI is InChI=1S/C17H30N2O/c1-4-15-8-6-5-7-11-19(15)13-17-10-9-16(20-17)12-18-14(2)3/h9-10,14-15,18H,4-8,11-13H2,1-3H3. The molecule has 1 unspecified atom stereocenters. The van der Waals surface area contributed by atoms with Crippen molar-refractivity contribution in [2.75, 3.05) is 6.54 Å². The van der Waals surface area contributed by atoms with Crippen LogP contribution in [0.3, 0.4) is 0 Å². The lowest BCUT2D eigenvalue weighted by Crippen LogP contribution is -2.33. The van der Waals surface area contributed by atoms with Gasteiger partial charge in [0.15, 0.2) is 0 Å². The molecule has 0 saturated carbocycles. The van der Waals surface area contributed by atoms with Crippen molar-refractivity contribution < 1.29 is 4.42 Å². The Morgan fingerprint density at radius 1 is 1.25 bits per heavy atom. The fraction of sp³-hybridized carbons (Fsp3) is 0.765. The summed E-state index contributed by atoms with van der Waals surface area (Å²) < 4.78 is 5.97. The molecule has 3 nitrogen and oxygen atoms in total. The van der Waals surface area contributed by atoms with Crippen LogP contribution in [0, 0.1) is 0 Å². The molecule has 1 aliphatic rings. The number of nitrogens with zero attached hydrogens (tertiary/aromatic N) is 1. The molecule has 1 fully saturated rings. The summed E-state index contributed by atoms with van der Waals surface area (Å²) in [5, 5.41) is 3.40. The second-order valence-electron chi connectivity index (χ2n) is 6.29. The summed E-state index contributed by atoms with van der Waals surface area (Å²) in [4.78, 5) is 2.62. The molecule has 1 aromatic rings. The van der Waals surface area contributed by atoms with Crippen molar-refractivity contribution in [3.8, 4) is 0 Å². The fourth-order valence-corrected chi connectivity index (χ4v) is 3.01. The lowest BCUT2D eigenvalue weighted by Gasteiger charge is -2.28. The number of hydrogen-bond donors (Lipinski definition) is 1. The van der Waals surface area contributed by atoms with Crippen molar-refractivity contribution in [1.82, 2.24) is 10.2 Å². The van der Waals surface area contributed by atoms with Gasteiger partial charge in [0.2, 0.25) is 0 Å². The highest BCUT2D eigenvalue weighted by molar-refractivity contribution is 5.07. The first-order valence-corrected chi connectivity index (χ1v) is 8.24. The number of likely N-dealkylation sites (tertiary alicyclic amines) is 1. The van der Waals surface area contributed by atoms with Gasteiger partial charge in [0.1, 0.15) is 11.5 Å². The van der Waals surface area contributed by atoms with Crippen LogP contribution in [0.2, 0.25) is 0 Å². The molecule has 2 rings (SSSR count). The normalized spacial score (nSPS) is 21.3. The molecule has 0 radical (unpaired) electrons. The zero-order valence-electron chi connectivity index (χ0n) is 13.3. The van der Waals surface area contributed by atoms with Crippen LogP contribution in [0.5, 0.6) is 0 Å². The summed E-state index contributed by atoms with van der Waals surface area (Å²) in [6.07, 6.45) is 6.70. The topological polar surface area (TPSA) is 28.4 Å². The van der Waals surface area contributed by atoms with E-state index in [-0.39, 0.29) is 0 Å². The average Bonchev–Trinajstić information content (AvgIpc) is 2.75. The second-order valence-corrected chi connectivity index (χ2v) is 6.29. The SMILES string of the molecule is CCC1CCCCCN1Cc1ccc(CNC(C)C)o1. The van der Waals surface area contributed by atoms with Crippen molar-refractivity contribution in [3.63, 3.8) is 0 Å². The smallest absolute Gasteiger partial charge is 0.118 e. The van der Waals surface area contributed by atoms with Crippen LogP contribution < -0.4 is 5.32 Å². The van der Waals surface area contributed by atoms with E-state index in [0.717, 1.165) is 30.7 Å². The Labute approximate surface area is 123 Å². The zero-order chi connectivity index (χ0) is 14.4. The van der Waals surface area contributed by atoms with Crippen molar-refractivity contribution in [2.45, 2.75) is 78.0 Å². The molecule has 0 spiro atoms. The maximum atomic E-state index is 5.97. The summed E-state index contributed by atoms with van der Waals surface area (Å²) in [5.74, 6) is 2.17. The Morgan fingerprint density at radius 3 is 2.80 bits per heavy atom. The molecular weight excluding hydrogens is 248 g/mol. The van der Waals surface area contributed by atoms with E-state index in [1.165, 1.54) is 38.6 Å². The van der Waals surface area contributed by atoms with Crippen LogP contribution in [0.15, 0.2) is 16.5 Å². The van der Waals surface area contributed by atoms with Crippen LogP contribution in [0.25, 0.3) is 0 Å². The Morgan fingerprint density at radius 2 is 2.05 bits per heavy atom. The molecule has 1 atom stereocenters. The van der Waals surface area contributed by atoms with Gasteiger partial charge in [-0.25, -0.2) is 0 Å². The van der Waals surface area contributed by atoms with Crippen LogP contribution in [0.1, 0.15) is 64.4 Å². The van der Waals surface area contributed by atoms with Gasteiger partial charge in [-0.2, -0.15) is 0 Å². The highest BCUT2D eigenvalue weighted by atomic mass is 16.3. The number of rotatable bonds is 6. The van der Waals surface area contributed by atoms with E-state index in [4.69, 9.17) is 4.42 Å². The van der Waals surface area contributed by atoms with Gasteiger partial charge in [0, 0.05) is 12.1 Å². The fourth-order valence-electron chi connectivity index (χ4n) is 3.01. The molecule has 0 amide bonds. The summed E-state index contributed by atoms with van der Waals surface area (Å²) in [6.45, 7) is 9.65. The maximum Gasteiger partial charge on any atom is 0.118 e. The molecule has 0 aromatic carbocycles. The molecule has 1 saturated heterocycles. The molecule has 1 aromatic heterocycles. The van der Waals surface area contributed by atoms with Gasteiger partial charge in [-0.15, -0.1) is 0 Å². The third-order valence-corrected chi connectivity index (χ3v) is 4.23. The van der Waals surface area contributed by atoms with Gasteiger partial charge >= 0.3 is 0 Å². The minimum absolute atomic E-state index is 0.499. The lowest BCUT2D eigenvalue weighted by atomic mass is 10.1. The van der Waals surface area contributed by atoms with E-state index in [9.17, 15) is 0 Å². The number of furan rings is 1. The molecule has 0 bridgehead atoms. The first-order valence-electron chi connectivity index (χ1n) is 8.24. The highest BCUT2D eigenvalue weighted by Gasteiger charge is 2.20. The van der Waals surface area contributed by atoms with Gasteiger partial charge in [-0.3, -0.25) is 4.90 Å². The van der Waals surface area contributed by atoms with E-state index in [1.807, 2.05) is 0 Å². The molecule has 2 heterocycles. The Kier molecular flexibility index (Phi) is 6.11. The summed E-state index contributed by atoms with van der Waals surface area (Å²) in [6, 6.07) is 5.50. The highest BCUT2D eigenvalue weighted by Crippen LogP contribution is 2.22. The predicted octanol–water partition coefficient (Wildman–Crippen LogP) is 3.93. The third-order valence-electron chi connectivity index (χ3n) is 4.23. The largest absolute Gasteiger partial charge is 0.463 e. The Balaban J connectivity index is 1.90. The van der Waals surface area contributed by atoms with E-state index < -0.39 is 0 Å². The van der Waals surface area contributed by atoms with E-state index in [1.54, 1.807) is 0 Å². The summed E-state index contributed by atoms with van der Waals surface area (Å²) >= 11 is 0. The van der Waals surface area contributed by atoms with Gasteiger partial charge in [0.05, 0.1) is 13.1 Å². The van der Waals surface area contributed by atoms with E-state index in [0.29, 0.717) is 6.04 Å². The summed E-state index contributed by atoms with van der Waals surface area (Å²) in [5.41, 5.74) is 0. The van der Waals surface area contributed by atoms with Crippen LogP contribution in [-0.4, -0.2) is 23.5 Å². The van der Waals surface area contributed by atoms with Crippen molar-refractivity contribution >= 4 is 0 Å². The summed E-state index contributed by atoms with van der Waals surface area (Å²) in [7, 11) is 0. The van der Waals surface area contributed by atoms with Gasteiger partial charge in [0.25, 0.3) is 0 Å². The van der Waals surface area contributed by atoms with E-state index in [2.05, 4.69) is 43.1 Å². The quantitative estimate of drug-likeness (QED) is 0.854. The van der Waals surface area contributed by atoms with Crippen LogP contribution in [0.4, 0.5) is 0 Å². The van der Waals surface area contributed by atoms with E-state index >= 15 is 0 Å². The minimum atomic E-state index is 0.499. The molecule has 1 N–H and O–H groups in total. The Hall–Kier alpha value is -0.800. The molecule has 1 aliphatic heterocycles. The molecule has 20 heavy (non-hydrogen) atoms. The Bertz CT molecular complexity index is 386. The monoisotopic (exact) mass is 278 g/mol. The average molecular weight is 278 g/mol. The van der Waals surface area contributed by atoms with Gasteiger partial charge in [-0.1, -0.05) is 33.6 Å². The number of nitrogens with one attached hydrogen (secondary N) is 1. The van der Waals surface area contributed by atoms with Gasteiger partial charge in [-0.05, 0) is 37.9 Å².